The van der Waals surface area contributed by atoms with Gasteiger partial charge in [0, 0.05) is 5.38 Å². The number of anilines is 1. The number of rotatable bonds is 9. The van der Waals surface area contributed by atoms with Crippen LogP contribution in [0.2, 0.25) is 0 Å². The van der Waals surface area contributed by atoms with Crippen molar-refractivity contribution < 1.29 is 19.0 Å². The third-order valence-electron chi connectivity index (χ3n) is 3.73. The second-order valence-corrected chi connectivity index (χ2v) is 6.81. The highest BCUT2D eigenvalue weighted by Gasteiger charge is 2.06. The Morgan fingerprint density at radius 3 is 2.55 bits per heavy atom. The molecule has 0 saturated heterocycles. The van der Waals surface area contributed by atoms with Crippen LogP contribution in [0.5, 0.6) is 11.5 Å². The summed E-state index contributed by atoms with van der Waals surface area (Å²) in [6, 6.07) is 14.4. The fraction of sp³-hybridized carbons (Fsp3) is 0.190. The Labute approximate surface area is 173 Å². The Hall–Kier alpha value is -3.39. The highest BCUT2D eigenvalue weighted by Crippen LogP contribution is 2.16. The van der Waals surface area contributed by atoms with Crippen LogP contribution in [-0.2, 0) is 4.74 Å². The SMILES string of the molecule is COC(=O)c1cccc(OCCOc2cccc(C=NNc3nc(C)cs3)c2)c1. The van der Waals surface area contributed by atoms with Crippen LogP contribution in [0.1, 0.15) is 21.6 Å². The maximum absolute atomic E-state index is 11.5. The lowest BCUT2D eigenvalue weighted by Crippen LogP contribution is -2.09. The number of hydrogen-bond donors (Lipinski definition) is 1. The van der Waals surface area contributed by atoms with Crippen molar-refractivity contribution in [3.63, 3.8) is 0 Å². The zero-order chi connectivity index (χ0) is 20.5. The summed E-state index contributed by atoms with van der Waals surface area (Å²) in [6.45, 7) is 2.64. The van der Waals surface area contributed by atoms with Gasteiger partial charge in [0.25, 0.3) is 0 Å². The van der Waals surface area contributed by atoms with Gasteiger partial charge in [0.05, 0.1) is 24.6 Å². The van der Waals surface area contributed by atoms with Gasteiger partial charge < -0.3 is 14.2 Å². The highest BCUT2D eigenvalue weighted by atomic mass is 32.1. The Kier molecular flexibility index (Phi) is 7.18. The van der Waals surface area contributed by atoms with Crippen LogP contribution in [0.15, 0.2) is 59.0 Å². The van der Waals surface area contributed by atoms with Gasteiger partial charge in [0.15, 0.2) is 0 Å². The Morgan fingerprint density at radius 1 is 1.14 bits per heavy atom. The molecule has 0 bridgehead atoms. The largest absolute Gasteiger partial charge is 0.490 e. The normalized spacial score (nSPS) is 10.7. The van der Waals surface area contributed by atoms with Crippen LogP contribution in [0.25, 0.3) is 0 Å². The summed E-state index contributed by atoms with van der Waals surface area (Å²) in [4.78, 5) is 15.8. The first-order valence-electron chi connectivity index (χ1n) is 8.89. The van der Waals surface area contributed by atoms with E-state index in [1.54, 1.807) is 30.5 Å². The van der Waals surface area contributed by atoms with Gasteiger partial charge in [-0.15, -0.1) is 11.3 Å². The van der Waals surface area contributed by atoms with E-state index in [2.05, 4.69) is 15.5 Å². The number of hydrogen-bond acceptors (Lipinski definition) is 8. The van der Waals surface area contributed by atoms with E-state index in [1.807, 2.05) is 36.6 Å². The molecule has 0 radical (unpaired) electrons. The number of nitrogens with zero attached hydrogens (tertiary/aromatic N) is 2. The molecule has 0 spiro atoms. The number of hydrazone groups is 1. The monoisotopic (exact) mass is 411 g/mol. The van der Waals surface area contributed by atoms with Gasteiger partial charge in [-0.2, -0.15) is 5.10 Å². The molecule has 0 unspecified atom stereocenters. The van der Waals surface area contributed by atoms with Crippen LogP contribution in [0.3, 0.4) is 0 Å². The van der Waals surface area contributed by atoms with E-state index < -0.39 is 5.97 Å². The van der Waals surface area contributed by atoms with E-state index >= 15 is 0 Å². The first-order valence-corrected chi connectivity index (χ1v) is 9.77. The molecule has 150 valence electrons. The van der Waals surface area contributed by atoms with Crippen LogP contribution < -0.4 is 14.9 Å². The summed E-state index contributed by atoms with van der Waals surface area (Å²) in [6.07, 6.45) is 1.71. The van der Waals surface area contributed by atoms with Gasteiger partial charge in [-0.05, 0) is 42.8 Å². The summed E-state index contributed by atoms with van der Waals surface area (Å²) in [5, 5.41) is 6.89. The average Bonchev–Trinajstić information content (AvgIpc) is 3.16. The lowest BCUT2D eigenvalue weighted by Gasteiger charge is -2.09. The van der Waals surface area contributed by atoms with E-state index in [0.29, 0.717) is 30.3 Å². The van der Waals surface area contributed by atoms with Crippen LogP contribution >= 0.6 is 11.3 Å². The number of ether oxygens (including phenoxy) is 3. The van der Waals surface area contributed by atoms with Crippen molar-refractivity contribution >= 4 is 28.7 Å². The Morgan fingerprint density at radius 2 is 1.86 bits per heavy atom. The van der Waals surface area contributed by atoms with Gasteiger partial charge >= 0.3 is 5.97 Å². The molecule has 3 aromatic rings. The average molecular weight is 411 g/mol. The second kappa shape index (κ2) is 10.2. The molecule has 7 nitrogen and oxygen atoms in total. The van der Waals surface area contributed by atoms with Crippen LogP contribution in [0, 0.1) is 6.92 Å². The zero-order valence-electron chi connectivity index (χ0n) is 16.1. The molecule has 0 aliphatic carbocycles. The zero-order valence-corrected chi connectivity index (χ0v) is 16.9. The van der Waals surface area contributed by atoms with Crippen LogP contribution in [0.4, 0.5) is 5.13 Å². The predicted molar refractivity (Wildman–Crippen MR) is 113 cm³/mol. The van der Waals surface area contributed by atoms with Gasteiger partial charge in [-0.3, -0.25) is 5.43 Å². The molecule has 0 atom stereocenters. The summed E-state index contributed by atoms with van der Waals surface area (Å²) in [5.41, 5.74) is 5.21. The minimum atomic E-state index is -0.398. The van der Waals surface area contributed by atoms with Crippen molar-refractivity contribution in [1.29, 1.82) is 0 Å². The third kappa shape index (κ3) is 6.32. The number of methoxy groups -OCH3 is 1. The number of aromatic nitrogens is 1. The quantitative estimate of drug-likeness (QED) is 0.247. The third-order valence-corrected chi connectivity index (χ3v) is 4.59. The van der Waals surface area contributed by atoms with Gasteiger partial charge in [0.1, 0.15) is 24.7 Å². The fourth-order valence-corrected chi connectivity index (χ4v) is 3.04. The van der Waals surface area contributed by atoms with E-state index in [0.717, 1.165) is 16.4 Å². The fourth-order valence-electron chi connectivity index (χ4n) is 2.40. The summed E-state index contributed by atoms with van der Waals surface area (Å²) in [5.74, 6) is 0.900. The Bertz CT molecular complexity index is 987. The lowest BCUT2D eigenvalue weighted by molar-refractivity contribution is 0.0600. The first kappa shape index (κ1) is 20.3. The number of carbonyl (C=O) groups excluding carboxylic acids is 1. The van der Waals surface area contributed by atoms with E-state index in [4.69, 9.17) is 14.2 Å². The second-order valence-electron chi connectivity index (χ2n) is 5.95. The Balaban J connectivity index is 1.46. The molecular weight excluding hydrogens is 390 g/mol. The predicted octanol–water partition coefficient (Wildman–Crippen LogP) is 4.14. The summed E-state index contributed by atoms with van der Waals surface area (Å²) in [7, 11) is 1.35. The number of nitrogens with one attached hydrogen (secondary N) is 1. The first-order chi connectivity index (χ1) is 14.1. The van der Waals surface area contributed by atoms with Gasteiger partial charge in [-0.25, -0.2) is 9.78 Å². The molecular formula is C21H21N3O4S. The van der Waals surface area contributed by atoms with Crippen molar-refractivity contribution in [1.82, 2.24) is 4.98 Å². The van der Waals surface area contributed by atoms with E-state index in [1.165, 1.54) is 18.4 Å². The van der Waals surface area contributed by atoms with E-state index in [9.17, 15) is 4.79 Å². The number of benzene rings is 2. The molecule has 0 fully saturated rings. The molecule has 0 aliphatic rings. The van der Waals surface area contributed by atoms with Crippen molar-refractivity contribution in [3.8, 4) is 11.5 Å². The maximum Gasteiger partial charge on any atom is 0.337 e. The molecule has 8 heteroatoms. The topological polar surface area (TPSA) is 82.0 Å². The highest BCUT2D eigenvalue weighted by molar-refractivity contribution is 7.13. The molecule has 0 amide bonds. The standard InChI is InChI=1S/C21H21N3O4S/c1-15-14-29-21(23-15)24-22-13-16-5-3-7-18(11-16)27-9-10-28-19-8-4-6-17(12-19)20(25)26-2/h3-8,11-14H,9-10H2,1-2H3,(H,23,24). The summed E-state index contributed by atoms with van der Waals surface area (Å²) < 4.78 is 16.1. The number of carbonyl (C=O) groups is 1. The molecule has 2 aromatic carbocycles. The molecule has 1 aromatic heterocycles. The molecule has 1 heterocycles. The minimum Gasteiger partial charge on any atom is -0.490 e. The molecule has 29 heavy (non-hydrogen) atoms. The maximum atomic E-state index is 11.5. The van der Waals surface area contributed by atoms with Crippen molar-refractivity contribution in [2.75, 3.05) is 25.7 Å². The van der Waals surface area contributed by atoms with Crippen molar-refractivity contribution in [3.05, 3.63) is 70.7 Å². The van der Waals surface area contributed by atoms with Crippen LogP contribution in [-0.4, -0.2) is 37.5 Å². The van der Waals surface area contributed by atoms with Gasteiger partial charge in [0.2, 0.25) is 5.13 Å². The summed E-state index contributed by atoms with van der Waals surface area (Å²) >= 11 is 1.50. The molecule has 1 N–H and O–H groups in total. The van der Waals surface area contributed by atoms with E-state index in [-0.39, 0.29) is 0 Å². The molecule has 3 rings (SSSR count). The molecule has 0 saturated carbocycles. The number of aryl methyl sites for hydroxylation is 1. The minimum absolute atomic E-state index is 0.341. The van der Waals surface area contributed by atoms with Gasteiger partial charge in [-0.1, -0.05) is 18.2 Å². The molecule has 0 aliphatic heterocycles. The smallest absolute Gasteiger partial charge is 0.337 e. The number of esters is 1. The van der Waals surface area contributed by atoms with Crippen molar-refractivity contribution in [2.24, 2.45) is 5.10 Å². The lowest BCUT2D eigenvalue weighted by atomic mass is 10.2. The van der Waals surface area contributed by atoms with Crippen molar-refractivity contribution in [2.45, 2.75) is 6.92 Å². The number of thiazole rings is 1.